The molecule has 0 aliphatic carbocycles. The molecule has 0 spiro atoms. The largest absolute Gasteiger partial charge is 0.497 e. The van der Waals surface area contributed by atoms with Crippen LogP contribution in [0.3, 0.4) is 0 Å². The molecule has 0 aliphatic heterocycles. The van der Waals surface area contributed by atoms with Crippen molar-refractivity contribution >= 4 is 5.96 Å². The third-order valence-corrected chi connectivity index (χ3v) is 4.50. The van der Waals surface area contributed by atoms with Crippen molar-refractivity contribution in [2.75, 3.05) is 33.3 Å². The van der Waals surface area contributed by atoms with Crippen LogP contribution in [0, 0.1) is 6.92 Å². The van der Waals surface area contributed by atoms with Crippen LogP contribution in [-0.4, -0.2) is 50.2 Å². The molecule has 0 saturated carbocycles. The lowest BCUT2D eigenvalue weighted by Crippen LogP contribution is -2.42. The first kappa shape index (κ1) is 22.3. The van der Waals surface area contributed by atoms with Gasteiger partial charge in [0.2, 0.25) is 0 Å². The summed E-state index contributed by atoms with van der Waals surface area (Å²) >= 11 is 0. The predicted octanol–water partition coefficient (Wildman–Crippen LogP) is 3.57. The van der Waals surface area contributed by atoms with Crippen molar-refractivity contribution in [1.82, 2.24) is 15.5 Å². The molecule has 1 atom stereocenters. The van der Waals surface area contributed by atoms with E-state index in [1.54, 1.807) is 7.11 Å². The average molecular weight is 363 g/mol. The summed E-state index contributed by atoms with van der Waals surface area (Å²) in [5.41, 5.74) is 2.35. The van der Waals surface area contributed by atoms with E-state index in [0.717, 1.165) is 49.9 Å². The zero-order valence-electron chi connectivity index (χ0n) is 17.6. The van der Waals surface area contributed by atoms with E-state index in [9.17, 15) is 0 Å². The molecule has 1 aromatic carbocycles. The van der Waals surface area contributed by atoms with Crippen LogP contribution >= 0.6 is 0 Å². The Morgan fingerprint density at radius 1 is 1.19 bits per heavy atom. The summed E-state index contributed by atoms with van der Waals surface area (Å²) in [5.74, 6) is 1.77. The first-order valence-electron chi connectivity index (χ1n) is 9.94. The van der Waals surface area contributed by atoms with Gasteiger partial charge in [0, 0.05) is 12.6 Å². The van der Waals surface area contributed by atoms with Crippen molar-refractivity contribution in [2.45, 2.75) is 60.0 Å². The first-order valence-corrected chi connectivity index (χ1v) is 9.94. The molecule has 5 nitrogen and oxygen atoms in total. The molecule has 0 heterocycles. The van der Waals surface area contributed by atoms with E-state index in [4.69, 9.17) is 9.73 Å². The zero-order valence-corrected chi connectivity index (χ0v) is 17.6. The molecule has 1 unspecified atom stereocenters. The van der Waals surface area contributed by atoms with Gasteiger partial charge in [-0.25, -0.2) is 4.99 Å². The summed E-state index contributed by atoms with van der Waals surface area (Å²) in [5, 5.41) is 6.88. The second kappa shape index (κ2) is 12.6. The highest BCUT2D eigenvalue weighted by Gasteiger charge is 2.07. The van der Waals surface area contributed by atoms with Crippen LogP contribution in [0.5, 0.6) is 5.75 Å². The highest BCUT2D eigenvalue weighted by molar-refractivity contribution is 5.80. The lowest BCUT2D eigenvalue weighted by Gasteiger charge is -2.21. The van der Waals surface area contributed by atoms with Crippen LogP contribution in [0.1, 0.15) is 51.7 Å². The van der Waals surface area contributed by atoms with Crippen molar-refractivity contribution in [3.63, 3.8) is 0 Å². The topological polar surface area (TPSA) is 48.9 Å². The molecule has 5 heteroatoms. The summed E-state index contributed by atoms with van der Waals surface area (Å²) in [6, 6.07) is 6.64. The summed E-state index contributed by atoms with van der Waals surface area (Å²) < 4.78 is 5.35. The molecule has 1 rings (SSSR count). The molecule has 26 heavy (non-hydrogen) atoms. The lowest BCUT2D eigenvalue weighted by atomic mass is 10.1. The van der Waals surface area contributed by atoms with Gasteiger partial charge in [-0.05, 0) is 76.5 Å². The second-order valence-electron chi connectivity index (χ2n) is 6.77. The number of benzene rings is 1. The number of guanidine groups is 1. The van der Waals surface area contributed by atoms with Gasteiger partial charge in [0.05, 0.1) is 13.7 Å². The molecule has 0 aliphatic rings. The van der Waals surface area contributed by atoms with E-state index in [0.29, 0.717) is 12.6 Å². The predicted molar refractivity (Wildman–Crippen MR) is 112 cm³/mol. The van der Waals surface area contributed by atoms with E-state index < -0.39 is 0 Å². The maximum absolute atomic E-state index is 5.35. The Labute approximate surface area is 160 Å². The Bertz CT molecular complexity index is 541. The van der Waals surface area contributed by atoms with Crippen molar-refractivity contribution in [3.8, 4) is 5.75 Å². The number of nitrogens with zero attached hydrogens (tertiary/aromatic N) is 2. The SMILES string of the molecule is CCNC(=NCc1cc(C)cc(OC)c1)NC(C)CCCN(CC)CC. The van der Waals surface area contributed by atoms with Crippen LogP contribution in [0.4, 0.5) is 0 Å². The van der Waals surface area contributed by atoms with E-state index in [-0.39, 0.29) is 0 Å². The maximum Gasteiger partial charge on any atom is 0.191 e. The third-order valence-electron chi connectivity index (χ3n) is 4.50. The number of rotatable bonds is 11. The van der Waals surface area contributed by atoms with Crippen molar-refractivity contribution < 1.29 is 4.74 Å². The summed E-state index contributed by atoms with van der Waals surface area (Å²) in [6.07, 6.45) is 2.34. The molecule has 0 saturated heterocycles. The van der Waals surface area contributed by atoms with Gasteiger partial charge in [-0.1, -0.05) is 19.9 Å². The van der Waals surface area contributed by atoms with E-state index in [2.05, 4.69) is 56.2 Å². The molecule has 0 amide bonds. The fourth-order valence-electron chi connectivity index (χ4n) is 2.99. The summed E-state index contributed by atoms with van der Waals surface area (Å²) in [7, 11) is 1.70. The quantitative estimate of drug-likeness (QED) is 0.467. The van der Waals surface area contributed by atoms with Gasteiger partial charge in [-0.2, -0.15) is 0 Å². The second-order valence-corrected chi connectivity index (χ2v) is 6.77. The summed E-state index contributed by atoms with van der Waals surface area (Å²) in [6.45, 7) is 15.8. The Hall–Kier alpha value is -1.75. The van der Waals surface area contributed by atoms with Crippen molar-refractivity contribution in [3.05, 3.63) is 29.3 Å². The molecule has 1 aromatic rings. The number of methoxy groups -OCH3 is 1. The highest BCUT2D eigenvalue weighted by atomic mass is 16.5. The Morgan fingerprint density at radius 3 is 2.54 bits per heavy atom. The van der Waals surface area contributed by atoms with Crippen molar-refractivity contribution in [1.29, 1.82) is 0 Å². The smallest absolute Gasteiger partial charge is 0.191 e. The van der Waals surface area contributed by atoms with Gasteiger partial charge >= 0.3 is 0 Å². The molecule has 0 aromatic heterocycles. The van der Waals surface area contributed by atoms with E-state index >= 15 is 0 Å². The fraction of sp³-hybridized carbons (Fsp3) is 0.667. The molecular weight excluding hydrogens is 324 g/mol. The number of aryl methyl sites for hydroxylation is 1. The van der Waals surface area contributed by atoms with Gasteiger partial charge in [-0.3, -0.25) is 0 Å². The van der Waals surface area contributed by atoms with Crippen molar-refractivity contribution in [2.24, 2.45) is 4.99 Å². The van der Waals surface area contributed by atoms with Gasteiger partial charge in [0.25, 0.3) is 0 Å². The van der Waals surface area contributed by atoms with Gasteiger partial charge < -0.3 is 20.3 Å². The van der Waals surface area contributed by atoms with Crippen LogP contribution in [0.25, 0.3) is 0 Å². The van der Waals surface area contributed by atoms with Crippen LogP contribution in [0.15, 0.2) is 23.2 Å². The molecular formula is C21H38N4O. The molecule has 0 radical (unpaired) electrons. The monoisotopic (exact) mass is 362 g/mol. The first-order chi connectivity index (χ1) is 12.5. The van der Waals surface area contributed by atoms with Gasteiger partial charge in [0.15, 0.2) is 5.96 Å². The molecule has 148 valence electrons. The third kappa shape index (κ3) is 8.56. The molecule has 0 bridgehead atoms. The maximum atomic E-state index is 5.35. The van der Waals surface area contributed by atoms with Crippen LogP contribution < -0.4 is 15.4 Å². The number of hydrogen-bond acceptors (Lipinski definition) is 3. The number of aliphatic imine (C=N–C) groups is 1. The van der Waals surface area contributed by atoms with E-state index in [1.807, 2.05) is 12.1 Å². The Balaban J connectivity index is 2.58. The fourth-order valence-corrected chi connectivity index (χ4v) is 2.99. The minimum Gasteiger partial charge on any atom is -0.497 e. The standard InChI is InChI=1S/C21H38N4O/c1-7-22-21(24-18(5)11-10-12-25(8-2)9-3)23-16-19-13-17(4)14-20(15-19)26-6/h13-15,18H,7-12,16H2,1-6H3,(H2,22,23,24). The van der Waals surface area contributed by atoms with Gasteiger partial charge in [-0.15, -0.1) is 0 Å². The lowest BCUT2D eigenvalue weighted by molar-refractivity contribution is 0.292. The minimum absolute atomic E-state index is 0.399. The molecule has 0 fully saturated rings. The van der Waals surface area contributed by atoms with Crippen LogP contribution in [-0.2, 0) is 6.54 Å². The number of nitrogens with one attached hydrogen (secondary N) is 2. The minimum atomic E-state index is 0.399. The Kier molecular flexibility index (Phi) is 10.8. The van der Waals surface area contributed by atoms with E-state index in [1.165, 1.54) is 12.0 Å². The van der Waals surface area contributed by atoms with Gasteiger partial charge in [0.1, 0.15) is 5.75 Å². The zero-order chi connectivity index (χ0) is 19.4. The number of hydrogen-bond donors (Lipinski definition) is 2. The van der Waals surface area contributed by atoms with Crippen LogP contribution in [0.2, 0.25) is 0 Å². The average Bonchev–Trinajstić information content (AvgIpc) is 2.63. The Morgan fingerprint density at radius 2 is 1.92 bits per heavy atom. The molecule has 2 N–H and O–H groups in total. The summed E-state index contributed by atoms with van der Waals surface area (Å²) in [4.78, 5) is 7.21. The normalized spacial score (nSPS) is 13.0. The highest BCUT2D eigenvalue weighted by Crippen LogP contribution is 2.17. The number of ether oxygens (including phenoxy) is 1.